The lowest BCUT2D eigenvalue weighted by atomic mass is 9.97. The Labute approximate surface area is 164 Å². The van der Waals surface area contributed by atoms with Crippen LogP contribution in [0, 0.1) is 30.3 Å². The third-order valence-corrected chi connectivity index (χ3v) is 4.35. The highest BCUT2D eigenvalue weighted by molar-refractivity contribution is 5.61. The molecule has 0 amide bonds. The molecule has 0 fully saturated rings. The molecule has 1 atom stereocenters. The number of rotatable bonds is 17. The molecule has 1 unspecified atom stereocenters. The minimum absolute atomic E-state index is 0.169. The summed E-state index contributed by atoms with van der Waals surface area (Å²) in [7, 11) is 0. The fraction of sp³-hybridized carbons (Fsp3) is 0.722. The zero-order valence-electron chi connectivity index (χ0n) is 16.2. The van der Waals surface area contributed by atoms with Gasteiger partial charge in [-0.15, -0.1) is 0 Å². The molecule has 157 valence electrons. The summed E-state index contributed by atoms with van der Waals surface area (Å²) in [6.07, 6.45) is 16.1. The first-order valence-electron chi connectivity index (χ1n) is 9.46. The van der Waals surface area contributed by atoms with Gasteiger partial charge in [0.15, 0.2) is 0 Å². The second-order valence-corrected chi connectivity index (χ2v) is 6.46. The van der Waals surface area contributed by atoms with E-state index < -0.39 is 32.9 Å². The number of carbonyl (C=O) groups excluding carboxylic acids is 1. The molecule has 10 heteroatoms. The molecule has 0 heterocycles. The lowest BCUT2D eigenvalue weighted by Gasteiger charge is -2.14. The van der Waals surface area contributed by atoms with E-state index in [4.69, 9.17) is 0 Å². The van der Waals surface area contributed by atoms with Crippen LogP contribution in [-0.2, 0) is 4.79 Å². The van der Waals surface area contributed by atoms with Crippen molar-refractivity contribution in [3.8, 4) is 0 Å². The quantitative estimate of drug-likeness (QED) is 0.118. The van der Waals surface area contributed by atoms with E-state index in [2.05, 4.69) is 19.1 Å². The van der Waals surface area contributed by atoms with Gasteiger partial charge in [-0.2, -0.15) is 0 Å². The summed E-state index contributed by atoms with van der Waals surface area (Å²) in [5.41, 5.74) is -3.56. The van der Waals surface area contributed by atoms with E-state index >= 15 is 0 Å². The van der Waals surface area contributed by atoms with Gasteiger partial charge in [-0.25, -0.2) is 0 Å². The Morgan fingerprint density at radius 3 is 1.82 bits per heavy atom. The van der Waals surface area contributed by atoms with Crippen molar-refractivity contribution in [3.63, 3.8) is 0 Å². The summed E-state index contributed by atoms with van der Waals surface area (Å²) >= 11 is 0. The summed E-state index contributed by atoms with van der Waals surface area (Å²) in [4.78, 5) is 39.6. The average molecular weight is 398 g/mol. The smallest absolute Gasteiger partial charge is 0.273 e. The van der Waals surface area contributed by atoms with Crippen LogP contribution in [0.25, 0.3) is 0 Å². The first-order valence-corrected chi connectivity index (χ1v) is 9.46. The molecule has 0 spiro atoms. The zero-order valence-corrected chi connectivity index (χ0v) is 16.2. The minimum Gasteiger partial charge on any atom is -0.273 e. The SMILES string of the molecule is CCCCC/C=C/C/C=C/CCCCCC([N+](=O)[O-])C([C]=O)([N+](=O)[O-])[N+](=O)[O-]. The zero-order chi connectivity index (χ0) is 21.4. The molecule has 0 aliphatic carbocycles. The number of hydrogen-bond donors (Lipinski definition) is 0. The van der Waals surface area contributed by atoms with E-state index in [9.17, 15) is 35.1 Å². The normalized spacial score (nSPS) is 13.0. The molecular weight excluding hydrogens is 370 g/mol. The molecular formula is C18H28N3O7. The van der Waals surface area contributed by atoms with Crippen LogP contribution >= 0.6 is 0 Å². The van der Waals surface area contributed by atoms with Crippen LogP contribution in [0.1, 0.15) is 71.1 Å². The monoisotopic (exact) mass is 398 g/mol. The Bertz CT molecular complexity index is 562. The van der Waals surface area contributed by atoms with Gasteiger partial charge in [0.2, 0.25) is 0 Å². The van der Waals surface area contributed by atoms with E-state index in [0.29, 0.717) is 19.1 Å². The molecule has 10 nitrogen and oxygen atoms in total. The Morgan fingerprint density at radius 2 is 1.39 bits per heavy atom. The van der Waals surface area contributed by atoms with Crippen molar-refractivity contribution in [2.24, 2.45) is 0 Å². The molecule has 0 aliphatic rings. The van der Waals surface area contributed by atoms with Crippen molar-refractivity contribution in [3.05, 3.63) is 54.6 Å². The molecule has 0 N–H and O–H groups in total. The minimum atomic E-state index is -3.56. The van der Waals surface area contributed by atoms with Gasteiger partial charge >= 0.3 is 18.0 Å². The highest BCUT2D eigenvalue weighted by Crippen LogP contribution is 2.22. The third kappa shape index (κ3) is 8.36. The molecule has 0 aromatic carbocycles. The van der Waals surface area contributed by atoms with Gasteiger partial charge in [0, 0.05) is 11.3 Å². The van der Waals surface area contributed by atoms with Gasteiger partial charge in [-0.05, 0) is 38.5 Å². The molecule has 1 radical (unpaired) electrons. The van der Waals surface area contributed by atoms with Crippen LogP contribution in [0.3, 0.4) is 0 Å². The molecule has 0 aromatic rings. The first-order chi connectivity index (χ1) is 13.3. The van der Waals surface area contributed by atoms with E-state index in [1.165, 1.54) is 19.3 Å². The number of hydrogen-bond acceptors (Lipinski definition) is 7. The molecule has 28 heavy (non-hydrogen) atoms. The Morgan fingerprint density at radius 1 is 0.857 bits per heavy atom. The van der Waals surface area contributed by atoms with Crippen molar-refractivity contribution in [2.45, 2.75) is 82.8 Å². The Kier molecular flexibility index (Phi) is 13.0. The van der Waals surface area contributed by atoms with E-state index in [0.717, 1.165) is 19.3 Å². The largest absolute Gasteiger partial charge is 0.588 e. The third-order valence-electron chi connectivity index (χ3n) is 4.35. The number of unbranched alkanes of at least 4 members (excludes halogenated alkanes) is 6. The Hall–Kier alpha value is -2.65. The van der Waals surface area contributed by atoms with Gasteiger partial charge in [-0.1, -0.05) is 50.5 Å². The van der Waals surface area contributed by atoms with Crippen molar-refractivity contribution in [1.82, 2.24) is 0 Å². The van der Waals surface area contributed by atoms with Gasteiger partial charge in [-0.3, -0.25) is 35.1 Å². The van der Waals surface area contributed by atoms with Crippen LogP contribution in [0.5, 0.6) is 0 Å². The van der Waals surface area contributed by atoms with Crippen LogP contribution < -0.4 is 0 Å². The standard InChI is InChI=1S/C18H28N3O7/c1-2-3-4-5-6-7-8-9-10-11-12-13-14-15-17(19(23)24)18(16-22,20(25)26)21(27)28/h6-7,9-10,17H,2-5,8,11-15H2,1H3/b7-6+,10-9+. The molecule has 0 aliphatic heterocycles. The topological polar surface area (TPSA) is 146 Å². The predicted molar refractivity (Wildman–Crippen MR) is 103 cm³/mol. The van der Waals surface area contributed by atoms with Crippen LogP contribution in [-0.4, -0.2) is 32.8 Å². The van der Waals surface area contributed by atoms with Gasteiger partial charge in [0.1, 0.15) is 9.85 Å². The number of nitrogens with zero attached hydrogens (tertiary/aromatic N) is 3. The highest BCUT2D eigenvalue weighted by atomic mass is 16.7. The van der Waals surface area contributed by atoms with Gasteiger partial charge < -0.3 is 0 Å². The van der Waals surface area contributed by atoms with E-state index in [1.54, 1.807) is 0 Å². The lowest BCUT2D eigenvalue weighted by molar-refractivity contribution is -0.810. The summed E-state index contributed by atoms with van der Waals surface area (Å²) < 4.78 is 0. The lowest BCUT2D eigenvalue weighted by Crippen LogP contribution is -2.59. The molecule has 0 saturated heterocycles. The second-order valence-electron chi connectivity index (χ2n) is 6.46. The van der Waals surface area contributed by atoms with Crippen molar-refractivity contribution >= 4 is 6.29 Å². The highest BCUT2D eigenvalue weighted by Gasteiger charge is 2.71. The summed E-state index contributed by atoms with van der Waals surface area (Å²) in [6.45, 7) is 2.16. The predicted octanol–water partition coefficient (Wildman–Crippen LogP) is 4.02. The first kappa shape index (κ1) is 25.4. The average Bonchev–Trinajstić information content (AvgIpc) is 2.63. The van der Waals surface area contributed by atoms with Crippen LogP contribution in [0.4, 0.5) is 0 Å². The number of nitro groups is 3. The van der Waals surface area contributed by atoms with E-state index in [-0.39, 0.29) is 6.42 Å². The van der Waals surface area contributed by atoms with Crippen molar-refractivity contribution in [2.75, 3.05) is 0 Å². The van der Waals surface area contributed by atoms with E-state index in [1.807, 2.05) is 12.2 Å². The number of allylic oxidation sites excluding steroid dienone is 4. The summed E-state index contributed by atoms with van der Waals surface area (Å²) in [5, 5.41) is 33.0. The molecule has 0 bridgehead atoms. The van der Waals surface area contributed by atoms with Crippen LogP contribution in [0.15, 0.2) is 24.3 Å². The second kappa shape index (κ2) is 14.4. The maximum atomic E-state index is 11.1. The fourth-order valence-electron chi connectivity index (χ4n) is 2.70. The van der Waals surface area contributed by atoms with Gasteiger partial charge in [0.05, 0.1) is 0 Å². The van der Waals surface area contributed by atoms with Crippen LogP contribution in [0.2, 0.25) is 0 Å². The molecule has 0 saturated carbocycles. The maximum Gasteiger partial charge on any atom is 0.588 e. The molecule has 0 rings (SSSR count). The summed E-state index contributed by atoms with van der Waals surface area (Å²) in [6, 6.07) is -2.25. The maximum absolute atomic E-state index is 11.1. The van der Waals surface area contributed by atoms with Gasteiger partial charge in [0.25, 0.3) is 0 Å². The summed E-state index contributed by atoms with van der Waals surface area (Å²) in [5.74, 6) is 0. The Balaban J connectivity index is 4.30. The fourth-order valence-corrected chi connectivity index (χ4v) is 2.70. The van der Waals surface area contributed by atoms with Crippen molar-refractivity contribution in [1.29, 1.82) is 0 Å². The molecule has 0 aromatic heterocycles. The van der Waals surface area contributed by atoms with Crippen molar-refractivity contribution < 1.29 is 19.6 Å².